The molecule has 2 heterocycles. The third-order valence-electron chi connectivity index (χ3n) is 4.53. The maximum atomic E-state index is 12.9. The molecule has 0 amide bonds. The Hall–Kier alpha value is -3.10. The zero-order valence-electron chi connectivity index (χ0n) is 15.2. The van der Waals surface area contributed by atoms with Gasteiger partial charge < -0.3 is 19.7 Å². The summed E-state index contributed by atoms with van der Waals surface area (Å²) in [5.74, 6) is -0.811. The van der Waals surface area contributed by atoms with Crippen LogP contribution in [0.2, 0.25) is 0 Å². The number of carbonyl (C=O) groups is 1. The van der Waals surface area contributed by atoms with Gasteiger partial charge in [0.05, 0.1) is 25.7 Å². The molecule has 4 atom stereocenters. The minimum Gasteiger partial charge on any atom is -0.394 e. The lowest BCUT2D eigenvalue weighted by atomic mass is 10.1. The van der Waals surface area contributed by atoms with Crippen molar-refractivity contribution in [3.05, 3.63) is 69.0 Å². The second-order valence-corrected chi connectivity index (χ2v) is 6.33. The van der Waals surface area contributed by atoms with E-state index < -0.39 is 48.3 Å². The first kappa shape index (κ1) is 20.6. The highest BCUT2D eigenvalue weighted by atomic mass is 16.6. The Morgan fingerprint density at radius 1 is 1.24 bits per heavy atom. The van der Waals surface area contributed by atoms with Crippen LogP contribution in [0.5, 0.6) is 0 Å². The highest BCUT2D eigenvalue weighted by molar-refractivity contribution is 5.95. The summed E-state index contributed by atoms with van der Waals surface area (Å²) >= 11 is 0. The molecule has 0 unspecified atom stereocenters. The number of rotatable bonds is 6. The van der Waals surface area contributed by atoms with Gasteiger partial charge in [-0.2, -0.15) is 9.83 Å². The third-order valence-corrected chi connectivity index (χ3v) is 4.53. The van der Waals surface area contributed by atoms with Gasteiger partial charge >= 0.3 is 5.69 Å². The molecular weight excluding hydrogens is 382 g/mol. The molecule has 1 aliphatic heterocycles. The standard InChI is InChI=1S/C19H19N3O7/c20-8-4-10-28-16-15(25)13(11-23)29-18(16)21-9-7-14(24)22(19(21)27)17(26)12-5-2-1-3-6-12/h1-3,5-7,9,13,15-16,18,23,25H,4,10-11H2/t13-,15-,16-,18-/m1/s1. The van der Waals surface area contributed by atoms with Gasteiger partial charge in [0.25, 0.3) is 11.5 Å². The molecule has 10 nitrogen and oxygen atoms in total. The number of nitrogens with zero attached hydrogens (tertiary/aromatic N) is 3. The molecule has 0 aliphatic carbocycles. The van der Waals surface area contributed by atoms with Gasteiger partial charge in [0.1, 0.15) is 18.3 Å². The van der Waals surface area contributed by atoms with Crippen molar-refractivity contribution in [3.8, 4) is 6.07 Å². The van der Waals surface area contributed by atoms with Crippen molar-refractivity contribution in [3.63, 3.8) is 0 Å². The number of carbonyl (C=O) groups excluding carboxylic acids is 1. The van der Waals surface area contributed by atoms with Crippen LogP contribution in [0.15, 0.2) is 52.2 Å². The van der Waals surface area contributed by atoms with E-state index in [4.69, 9.17) is 14.7 Å². The predicted octanol–water partition coefficient (Wildman–Crippen LogP) is -0.752. The summed E-state index contributed by atoms with van der Waals surface area (Å²) in [7, 11) is 0. The average Bonchev–Trinajstić information content (AvgIpc) is 3.04. The molecule has 29 heavy (non-hydrogen) atoms. The van der Waals surface area contributed by atoms with E-state index in [0.717, 1.165) is 16.8 Å². The predicted molar refractivity (Wildman–Crippen MR) is 98.1 cm³/mol. The third kappa shape index (κ3) is 4.03. The molecule has 0 radical (unpaired) electrons. The van der Waals surface area contributed by atoms with Crippen LogP contribution in [-0.2, 0) is 9.47 Å². The first-order chi connectivity index (χ1) is 14.0. The van der Waals surface area contributed by atoms with Crippen LogP contribution in [0.4, 0.5) is 0 Å². The smallest absolute Gasteiger partial charge is 0.340 e. The van der Waals surface area contributed by atoms with Gasteiger partial charge in [-0.3, -0.25) is 14.2 Å². The SMILES string of the molecule is N#CCCO[C@@H]1[C@H](O)[C@@H](CO)O[C@H]1n1ccc(=O)n(C(=O)c2ccccc2)c1=O. The monoisotopic (exact) mass is 401 g/mol. The fraction of sp³-hybridized carbons (Fsp3) is 0.368. The minimum atomic E-state index is -1.28. The van der Waals surface area contributed by atoms with E-state index >= 15 is 0 Å². The number of ether oxygens (including phenoxy) is 2. The van der Waals surface area contributed by atoms with Gasteiger partial charge in [-0.15, -0.1) is 0 Å². The molecule has 3 rings (SSSR count). The second-order valence-electron chi connectivity index (χ2n) is 6.33. The van der Waals surface area contributed by atoms with Gasteiger partial charge in [-0.1, -0.05) is 18.2 Å². The molecule has 0 bridgehead atoms. The van der Waals surface area contributed by atoms with E-state index in [0.29, 0.717) is 4.57 Å². The highest BCUT2D eigenvalue weighted by Crippen LogP contribution is 2.30. The summed E-state index contributed by atoms with van der Waals surface area (Å²) < 4.78 is 12.4. The number of nitriles is 1. The van der Waals surface area contributed by atoms with E-state index in [1.54, 1.807) is 18.2 Å². The summed E-state index contributed by atoms with van der Waals surface area (Å²) in [4.78, 5) is 37.9. The van der Waals surface area contributed by atoms with Gasteiger partial charge in [-0.05, 0) is 12.1 Å². The summed E-state index contributed by atoms with van der Waals surface area (Å²) in [5, 5.41) is 28.4. The number of hydrogen-bond donors (Lipinski definition) is 2. The summed E-state index contributed by atoms with van der Waals surface area (Å²) in [5.41, 5.74) is -1.65. The van der Waals surface area contributed by atoms with E-state index in [1.807, 2.05) is 6.07 Å². The second kappa shape index (κ2) is 8.93. The van der Waals surface area contributed by atoms with Crippen molar-refractivity contribution >= 4 is 5.91 Å². The zero-order chi connectivity index (χ0) is 21.0. The largest absolute Gasteiger partial charge is 0.394 e. The van der Waals surface area contributed by atoms with Crippen molar-refractivity contribution in [1.29, 1.82) is 5.26 Å². The van der Waals surface area contributed by atoms with Gasteiger partial charge in [0.2, 0.25) is 0 Å². The average molecular weight is 401 g/mol. The Labute approximate surface area is 164 Å². The van der Waals surface area contributed by atoms with Crippen molar-refractivity contribution in [2.45, 2.75) is 31.0 Å². The molecule has 2 N–H and O–H groups in total. The van der Waals surface area contributed by atoms with Crippen molar-refractivity contribution < 1.29 is 24.5 Å². The number of hydrogen-bond acceptors (Lipinski definition) is 8. The van der Waals surface area contributed by atoms with Crippen molar-refractivity contribution in [1.82, 2.24) is 9.13 Å². The van der Waals surface area contributed by atoms with Crippen LogP contribution in [0, 0.1) is 11.3 Å². The van der Waals surface area contributed by atoms with Crippen molar-refractivity contribution in [2.75, 3.05) is 13.2 Å². The van der Waals surface area contributed by atoms with Gasteiger partial charge in [-0.25, -0.2) is 4.79 Å². The molecule has 0 spiro atoms. The van der Waals surface area contributed by atoms with Crippen LogP contribution >= 0.6 is 0 Å². The quantitative estimate of drug-likeness (QED) is 0.602. The van der Waals surface area contributed by atoms with Crippen LogP contribution in [0.25, 0.3) is 0 Å². The lowest BCUT2D eigenvalue weighted by molar-refractivity contribution is -0.0736. The number of aliphatic hydroxyl groups excluding tert-OH is 2. The molecule has 152 valence electrons. The topological polar surface area (TPSA) is 144 Å². The van der Waals surface area contributed by atoms with E-state index in [-0.39, 0.29) is 18.6 Å². The molecule has 1 saturated heterocycles. The molecule has 1 fully saturated rings. The van der Waals surface area contributed by atoms with Crippen LogP contribution in [0.3, 0.4) is 0 Å². The number of aromatic nitrogens is 2. The number of aliphatic hydroxyl groups is 2. The molecule has 1 aromatic heterocycles. The Bertz CT molecular complexity index is 1020. The van der Waals surface area contributed by atoms with Crippen molar-refractivity contribution in [2.24, 2.45) is 0 Å². The molecule has 1 aromatic carbocycles. The first-order valence-electron chi connectivity index (χ1n) is 8.86. The fourth-order valence-electron chi connectivity index (χ4n) is 3.10. The summed E-state index contributed by atoms with van der Waals surface area (Å²) in [6.07, 6.45) is -3.43. The number of benzene rings is 1. The fourth-order valence-corrected chi connectivity index (χ4v) is 3.10. The lowest BCUT2D eigenvalue weighted by Gasteiger charge is -2.22. The van der Waals surface area contributed by atoms with Gasteiger partial charge in [0, 0.05) is 17.8 Å². The molecule has 10 heteroatoms. The van der Waals surface area contributed by atoms with E-state index in [1.165, 1.54) is 12.1 Å². The maximum Gasteiger partial charge on any atom is 0.340 e. The van der Waals surface area contributed by atoms with E-state index in [2.05, 4.69) is 0 Å². The van der Waals surface area contributed by atoms with Crippen LogP contribution in [-0.4, -0.2) is 56.8 Å². The first-order valence-corrected chi connectivity index (χ1v) is 8.86. The molecule has 0 saturated carbocycles. The van der Waals surface area contributed by atoms with Crippen LogP contribution < -0.4 is 11.2 Å². The Balaban J connectivity index is 2.02. The Morgan fingerprint density at radius 2 is 1.97 bits per heavy atom. The molecule has 1 aliphatic rings. The van der Waals surface area contributed by atoms with Gasteiger partial charge in [0.15, 0.2) is 6.23 Å². The minimum absolute atomic E-state index is 0.0342. The zero-order valence-corrected chi connectivity index (χ0v) is 15.2. The lowest BCUT2D eigenvalue weighted by Crippen LogP contribution is -2.46. The highest BCUT2D eigenvalue weighted by Gasteiger charge is 2.45. The van der Waals surface area contributed by atoms with E-state index in [9.17, 15) is 24.6 Å². The Morgan fingerprint density at radius 3 is 2.62 bits per heavy atom. The molecular formula is C19H19N3O7. The summed E-state index contributed by atoms with van der Waals surface area (Å²) in [6.45, 7) is -0.569. The maximum absolute atomic E-state index is 12.9. The summed E-state index contributed by atoms with van der Waals surface area (Å²) in [6, 6.07) is 10.7. The normalized spacial score (nSPS) is 23.6. The van der Waals surface area contributed by atoms with Crippen LogP contribution in [0.1, 0.15) is 23.0 Å². The molecule has 2 aromatic rings. The Kier molecular flexibility index (Phi) is 6.36.